The first-order valence-electron chi connectivity index (χ1n) is 7.36. The van der Waals surface area contributed by atoms with Gasteiger partial charge in [0.05, 0.1) is 0 Å². The molecule has 1 atom stereocenters. The van der Waals surface area contributed by atoms with Crippen LogP contribution >= 0.6 is 0 Å². The Bertz CT molecular complexity index is 448. The number of rotatable bonds is 8. The summed E-state index contributed by atoms with van der Waals surface area (Å²) in [6, 6.07) is 9.33. The van der Waals surface area contributed by atoms with Gasteiger partial charge in [0.15, 0.2) is 0 Å². The fraction of sp³-hybridized carbons (Fsp3) is 0.500. The monoisotopic (exact) mass is 292 g/mol. The van der Waals surface area contributed by atoms with Crippen LogP contribution in [-0.4, -0.2) is 30.2 Å². The number of amides is 2. The number of hydrogen-bond donors (Lipinski definition) is 2. The first kappa shape index (κ1) is 17.0. The Morgan fingerprint density at radius 3 is 2.52 bits per heavy atom. The van der Waals surface area contributed by atoms with Crippen molar-refractivity contribution in [1.29, 1.82) is 0 Å². The van der Waals surface area contributed by atoms with E-state index in [1.54, 1.807) is 4.90 Å². The number of nitrogens with zero attached hydrogens (tertiary/aromatic N) is 1. The minimum atomic E-state index is -0.845. The lowest BCUT2D eigenvalue weighted by atomic mass is 10.1. The van der Waals surface area contributed by atoms with Crippen LogP contribution in [0, 0.1) is 5.92 Å². The third kappa shape index (κ3) is 6.29. The summed E-state index contributed by atoms with van der Waals surface area (Å²) < 4.78 is 0. The van der Waals surface area contributed by atoms with E-state index in [0.29, 0.717) is 13.1 Å². The van der Waals surface area contributed by atoms with Gasteiger partial charge >= 0.3 is 12.0 Å². The molecule has 116 valence electrons. The van der Waals surface area contributed by atoms with Gasteiger partial charge in [0.1, 0.15) is 0 Å². The second-order valence-electron chi connectivity index (χ2n) is 5.23. The topological polar surface area (TPSA) is 69.6 Å². The van der Waals surface area contributed by atoms with E-state index in [0.717, 1.165) is 18.5 Å². The summed E-state index contributed by atoms with van der Waals surface area (Å²) in [5.74, 6) is -0.933. The smallest absolute Gasteiger partial charge is 0.321 e. The quantitative estimate of drug-likeness (QED) is 0.773. The van der Waals surface area contributed by atoms with Crippen LogP contribution in [0.4, 0.5) is 10.5 Å². The highest BCUT2D eigenvalue weighted by Crippen LogP contribution is 2.14. The van der Waals surface area contributed by atoms with Crippen molar-refractivity contribution in [2.24, 2.45) is 5.92 Å². The minimum absolute atomic E-state index is 0.0561. The maximum Gasteiger partial charge on any atom is 0.321 e. The maximum atomic E-state index is 12.3. The molecule has 0 bridgehead atoms. The molecule has 21 heavy (non-hydrogen) atoms. The van der Waals surface area contributed by atoms with Crippen LogP contribution in [-0.2, 0) is 4.79 Å². The van der Waals surface area contributed by atoms with Gasteiger partial charge in [-0.05, 0) is 24.5 Å². The van der Waals surface area contributed by atoms with Gasteiger partial charge in [0.25, 0.3) is 0 Å². The van der Waals surface area contributed by atoms with Gasteiger partial charge in [-0.25, -0.2) is 4.79 Å². The molecule has 0 saturated carbocycles. The lowest BCUT2D eigenvalue weighted by Crippen LogP contribution is -2.42. The molecular weight excluding hydrogens is 268 g/mol. The number of nitrogens with one attached hydrogen (secondary N) is 1. The number of carboxylic acid groups (broad SMARTS) is 1. The van der Waals surface area contributed by atoms with Crippen molar-refractivity contribution in [1.82, 2.24) is 5.32 Å². The number of hydrogen-bond acceptors (Lipinski definition) is 2. The van der Waals surface area contributed by atoms with Gasteiger partial charge in [0.2, 0.25) is 0 Å². The number of benzene rings is 1. The lowest BCUT2D eigenvalue weighted by molar-refractivity contribution is -0.137. The second kappa shape index (κ2) is 9.00. The molecule has 1 rings (SSSR count). The van der Waals surface area contributed by atoms with Crippen LogP contribution in [0.2, 0.25) is 0 Å². The Kier molecular flexibility index (Phi) is 7.29. The summed E-state index contributed by atoms with van der Waals surface area (Å²) in [6.07, 6.45) is 1.99. The highest BCUT2D eigenvalue weighted by atomic mass is 16.4. The average Bonchev–Trinajstić information content (AvgIpc) is 2.46. The van der Waals surface area contributed by atoms with Crippen LogP contribution in [0.3, 0.4) is 0 Å². The lowest BCUT2D eigenvalue weighted by Gasteiger charge is -2.24. The molecule has 1 aromatic rings. The molecule has 0 aliphatic carbocycles. The molecule has 0 radical (unpaired) electrons. The molecule has 0 aromatic heterocycles. The Morgan fingerprint density at radius 2 is 1.95 bits per heavy atom. The Morgan fingerprint density at radius 1 is 1.29 bits per heavy atom. The number of para-hydroxylation sites is 1. The Labute approximate surface area is 126 Å². The van der Waals surface area contributed by atoms with Gasteiger partial charge in [-0.3, -0.25) is 9.69 Å². The van der Waals surface area contributed by atoms with Crippen LogP contribution in [0.15, 0.2) is 30.3 Å². The molecule has 5 heteroatoms. The molecule has 0 heterocycles. The summed E-state index contributed by atoms with van der Waals surface area (Å²) in [5.41, 5.74) is 0.856. The number of anilines is 1. The highest BCUT2D eigenvalue weighted by molar-refractivity contribution is 5.91. The van der Waals surface area contributed by atoms with Crippen molar-refractivity contribution in [3.63, 3.8) is 0 Å². The molecule has 0 fully saturated rings. The average molecular weight is 292 g/mol. The summed E-state index contributed by atoms with van der Waals surface area (Å²) in [5, 5.41) is 11.5. The first-order valence-corrected chi connectivity index (χ1v) is 7.36. The number of urea groups is 1. The zero-order valence-electron chi connectivity index (χ0n) is 12.7. The van der Waals surface area contributed by atoms with Gasteiger partial charge < -0.3 is 10.4 Å². The number of carboxylic acids is 1. The highest BCUT2D eigenvalue weighted by Gasteiger charge is 2.16. The van der Waals surface area contributed by atoms with Gasteiger partial charge in [-0.15, -0.1) is 0 Å². The van der Waals surface area contributed by atoms with E-state index < -0.39 is 5.97 Å². The molecule has 5 nitrogen and oxygen atoms in total. The fourth-order valence-electron chi connectivity index (χ4n) is 2.00. The van der Waals surface area contributed by atoms with Crippen molar-refractivity contribution in [3.05, 3.63) is 30.3 Å². The summed E-state index contributed by atoms with van der Waals surface area (Å²) in [7, 11) is 0. The molecular formula is C16H24N2O3. The molecule has 0 aliphatic heterocycles. The minimum Gasteiger partial charge on any atom is -0.481 e. The summed E-state index contributed by atoms with van der Waals surface area (Å²) >= 11 is 0. The van der Waals surface area contributed by atoms with Crippen molar-refractivity contribution in [2.75, 3.05) is 18.0 Å². The van der Waals surface area contributed by atoms with Crippen molar-refractivity contribution < 1.29 is 14.7 Å². The van der Waals surface area contributed by atoms with E-state index in [-0.39, 0.29) is 18.4 Å². The second-order valence-corrected chi connectivity index (χ2v) is 5.23. The molecule has 2 N–H and O–H groups in total. The Hall–Kier alpha value is -2.04. The molecule has 1 aromatic carbocycles. The van der Waals surface area contributed by atoms with Gasteiger partial charge in [0, 0.05) is 25.2 Å². The zero-order chi connectivity index (χ0) is 15.7. The Balaban J connectivity index is 2.62. The standard InChI is InChI=1S/C16H24N2O3/c1-3-4-10-18(14-8-6-5-7-9-14)16(21)17-12-13(2)11-15(19)20/h5-9,13H,3-4,10-12H2,1-2H3,(H,17,21)(H,19,20). The predicted molar refractivity (Wildman–Crippen MR) is 83.5 cm³/mol. The third-order valence-electron chi connectivity index (χ3n) is 3.17. The number of unbranched alkanes of at least 4 members (excludes halogenated alkanes) is 1. The van der Waals surface area contributed by atoms with Crippen LogP contribution in [0.5, 0.6) is 0 Å². The zero-order valence-corrected chi connectivity index (χ0v) is 12.7. The predicted octanol–water partition coefficient (Wildman–Crippen LogP) is 3.11. The third-order valence-corrected chi connectivity index (χ3v) is 3.17. The van der Waals surface area contributed by atoms with E-state index in [1.807, 2.05) is 37.3 Å². The summed E-state index contributed by atoms with van der Waals surface area (Å²) in [6.45, 7) is 4.91. The molecule has 1 unspecified atom stereocenters. The molecule has 0 saturated heterocycles. The molecule has 0 aliphatic rings. The van der Waals surface area contributed by atoms with E-state index in [4.69, 9.17) is 5.11 Å². The van der Waals surface area contributed by atoms with E-state index in [9.17, 15) is 9.59 Å². The van der Waals surface area contributed by atoms with Crippen LogP contribution < -0.4 is 10.2 Å². The van der Waals surface area contributed by atoms with E-state index in [2.05, 4.69) is 12.2 Å². The van der Waals surface area contributed by atoms with Gasteiger partial charge in [-0.2, -0.15) is 0 Å². The van der Waals surface area contributed by atoms with Crippen LogP contribution in [0.25, 0.3) is 0 Å². The largest absolute Gasteiger partial charge is 0.481 e. The van der Waals surface area contributed by atoms with Crippen LogP contribution in [0.1, 0.15) is 33.1 Å². The normalized spacial score (nSPS) is 11.7. The maximum absolute atomic E-state index is 12.3. The van der Waals surface area contributed by atoms with Gasteiger partial charge in [-0.1, -0.05) is 38.5 Å². The molecule has 0 spiro atoms. The van der Waals surface area contributed by atoms with Crippen molar-refractivity contribution in [2.45, 2.75) is 33.1 Å². The SMILES string of the molecule is CCCCN(C(=O)NCC(C)CC(=O)O)c1ccccc1. The van der Waals surface area contributed by atoms with Crippen molar-refractivity contribution in [3.8, 4) is 0 Å². The molecule has 2 amide bonds. The summed E-state index contributed by atoms with van der Waals surface area (Å²) in [4.78, 5) is 24.6. The number of carbonyl (C=O) groups is 2. The fourth-order valence-corrected chi connectivity index (χ4v) is 2.00. The van der Waals surface area contributed by atoms with E-state index in [1.165, 1.54) is 0 Å². The first-order chi connectivity index (χ1) is 10.0. The van der Waals surface area contributed by atoms with E-state index >= 15 is 0 Å². The van der Waals surface area contributed by atoms with Crippen molar-refractivity contribution >= 4 is 17.7 Å². The number of carbonyl (C=O) groups excluding carboxylic acids is 1. The number of aliphatic carboxylic acids is 1.